The number of aryl methyl sites for hydroxylation is 5. The lowest BCUT2D eigenvalue weighted by Gasteiger charge is -2.27. The molecular formula is C85H76N2O2. The molecule has 1 aliphatic carbocycles. The van der Waals surface area contributed by atoms with Crippen LogP contribution < -0.4 is 15.0 Å². The fourth-order valence-corrected chi connectivity index (χ4v) is 11.6. The normalized spacial score (nSPS) is 12.1. The van der Waals surface area contributed by atoms with Gasteiger partial charge in [0, 0.05) is 38.1 Å². The second-order valence-corrected chi connectivity index (χ2v) is 22.2. The van der Waals surface area contributed by atoms with Crippen molar-refractivity contribution in [3.8, 4) is 11.1 Å². The smallest absolute Gasteiger partial charge is 0.159 e. The number of rotatable bonds is 9. The van der Waals surface area contributed by atoms with Crippen molar-refractivity contribution in [3.63, 3.8) is 0 Å². The zero-order valence-corrected chi connectivity index (χ0v) is 52.3. The first kappa shape index (κ1) is 60.0. The number of nitrogens with zero attached hydrogens (tertiary/aromatic N) is 2. The van der Waals surface area contributed by atoms with Crippen LogP contribution in [0.2, 0.25) is 0 Å². The Bertz CT molecular complexity index is 4780. The third-order valence-electron chi connectivity index (χ3n) is 16.1. The Hall–Kier alpha value is -10.7. The molecule has 0 saturated heterocycles. The fourth-order valence-electron chi connectivity index (χ4n) is 11.6. The van der Waals surface area contributed by atoms with Gasteiger partial charge in [0.15, 0.2) is 11.2 Å². The van der Waals surface area contributed by atoms with Gasteiger partial charge >= 0.3 is 0 Å². The lowest BCUT2D eigenvalue weighted by Crippen LogP contribution is -2.23. The van der Waals surface area contributed by atoms with E-state index in [0.29, 0.717) is 0 Å². The van der Waals surface area contributed by atoms with Crippen molar-refractivity contribution >= 4 is 94.4 Å². The Labute approximate surface area is 525 Å². The Morgan fingerprint density at radius 3 is 1.47 bits per heavy atom. The monoisotopic (exact) mass is 1160 g/mol. The first-order valence-corrected chi connectivity index (χ1v) is 31.0. The fraction of sp³-hybridized carbons (Fsp3) is 0.106. The number of furan rings is 2. The molecular weight excluding hydrogens is 1080 g/mol. The highest BCUT2D eigenvalue weighted by Gasteiger charge is 2.23. The molecule has 0 atom stereocenters. The summed E-state index contributed by atoms with van der Waals surface area (Å²) in [5.41, 5.74) is 20.4. The molecule has 0 N–H and O–H groups in total. The molecule has 2 bridgehead atoms. The Balaban J connectivity index is 0.000000448. The molecule has 89 heavy (non-hydrogen) atoms. The molecule has 4 nitrogen and oxygen atoms in total. The van der Waals surface area contributed by atoms with E-state index in [-0.39, 0.29) is 0 Å². The van der Waals surface area contributed by atoms with E-state index in [9.17, 15) is 0 Å². The van der Waals surface area contributed by atoms with E-state index in [1.807, 2.05) is 50.2 Å². The Morgan fingerprint density at radius 2 is 0.888 bits per heavy atom. The largest absolute Gasteiger partial charge is 0.454 e. The minimum absolute atomic E-state index is 0.846. The van der Waals surface area contributed by atoms with E-state index in [4.69, 9.17) is 8.83 Å². The zero-order valence-electron chi connectivity index (χ0n) is 52.3. The van der Waals surface area contributed by atoms with Crippen molar-refractivity contribution in [2.24, 2.45) is 0 Å². The molecule has 438 valence electrons. The van der Waals surface area contributed by atoms with Crippen molar-refractivity contribution in [1.82, 2.24) is 0 Å². The molecule has 2 heterocycles. The predicted octanol–water partition coefficient (Wildman–Crippen LogP) is 24.0. The first-order chi connectivity index (χ1) is 43.7. The Morgan fingerprint density at radius 1 is 0.393 bits per heavy atom. The highest BCUT2D eigenvalue weighted by atomic mass is 16.3. The number of allylic oxidation sites excluding steroid dienone is 7. The molecule has 14 rings (SSSR count). The average Bonchev–Trinajstić information content (AvgIpc) is 1.79. The van der Waals surface area contributed by atoms with Gasteiger partial charge in [-0.05, 0) is 152 Å². The van der Waals surface area contributed by atoms with Gasteiger partial charge < -0.3 is 18.6 Å². The van der Waals surface area contributed by atoms with Crippen LogP contribution in [0.15, 0.2) is 312 Å². The van der Waals surface area contributed by atoms with Gasteiger partial charge in [-0.25, -0.2) is 0 Å². The van der Waals surface area contributed by atoms with Crippen LogP contribution in [0, 0.1) is 34.6 Å². The van der Waals surface area contributed by atoms with Gasteiger partial charge in [-0.1, -0.05) is 274 Å². The summed E-state index contributed by atoms with van der Waals surface area (Å²) >= 11 is 0. The number of benzene rings is 10. The van der Waals surface area contributed by atoms with Crippen molar-refractivity contribution in [2.75, 3.05) is 9.80 Å². The summed E-state index contributed by atoms with van der Waals surface area (Å²) in [6.45, 7) is 16.7. The quantitative estimate of drug-likeness (QED) is 0.144. The van der Waals surface area contributed by atoms with E-state index < -0.39 is 0 Å². The Kier molecular flexibility index (Phi) is 19.0. The molecule has 2 aromatic heterocycles. The van der Waals surface area contributed by atoms with Gasteiger partial charge in [0.05, 0.1) is 22.8 Å². The van der Waals surface area contributed by atoms with Gasteiger partial charge in [0.1, 0.15) is 11.2 Å². The molecule has 0 spiro atoms. The predicted molar refractivity (Wildman–Crippen MR) is 384 cm³/mol. The minimum atomic E-state index is 0.846. The standard InChI is InChI=1S/C69H54N2O2.2C7H8.C2H6/c1-5-18-63(71(56-41-37-53(38-42-56)50-22-9-6-7-10-23-50)65-32-17-30-61-59-28-15-21-48(4)67(59)73-69(61)65)57-43-33-49-34-44-62(54(45-49)26-13-19-46(57)2)70(55-39-35-52(36-40-55)51-24-11-8-12-25-51)64-31-16-29-60-58-27-14-20-47(3)66(58)72-68(60)64;2*1-7-5-3-2-4-6-7;1-2/h5-22,24-45H,23H2,1-4H3;2*2-6H,1H3;1-2H3/b18-5-,26-13?,43-33?,46-19?,63-57+;;;. The average molecular weight is 1160 g/mol. The van der Waals surface area contributed by atoms with Crippen molar-refractivity contribution in [2.45, 2.75) is 61.8 Å². The third-order valence-corrected chi connectivity index (χ3v) is 16.1. The summed E-state index contributed by atoms with van der Waals surface area (Å²) in [6, 6.07) is 92.7. The summed E-state index contributed by atoms with van der Waals surface area (Å²) in [7, 11) is 0. The molecule has 11 aromatic carbocycles. The van der Waals surface area contributed by atoms with Gasteiger partial charge in [-0.15, -0.1) is 0 Å². The number of para-hydroxylation sites is 4. The van der Waals surface area contributed by atoms with Crippen LogP contribution in [-0.4, -0.2) is 0 Å². The molecule has 0 fully saturated rings. The number of fused-ring (bicyclic) bond motifs is 8. The first-order valence-electron chi connectivity index (χ1n) is 31.0. The highest BCUT2D eigenvalue weighted by Crippen LogP contribution is 2.45. The lowest BCUT2D eigenvalue weighted by atomic mass is 10.0. The summed E-state index contributed by atoms with van der Waals surface area (Å²) in [5.74, 6) is 0. The van der Waals surface area contributed by atoms with Crippen molar-refractivity contribution in [3.05, 3.63) is 342 Å². The van der Waals surface area contributed by atoms with E-state index in [2.05, 4.69) is 318 Å². The third kappa shape index (κ3) is 13.3. The van der Waals surface area contributed by atoms with Crippen LogP contribution >= 0.6 is 0 Å². The van der Waals surface area contributed by atoms with Gasteiger partial charge in [-0.3, -0.25) is 0 Å². The molecule has 4 heteroatoms. The van der Waals surface area contributed by atoms with Crippen LogP contribution in [0.3, 0.4) is 0 Å². The summed E-state index contributed by atoms with van der Waals surface area (Å²) < 4.78 is 13.7. The zero-order chi connectivity index (χ0) is 61.6. The van der Waals surface area contributed by atoms with Crippen LogP contribution in [0.5, 0.6) is 0 Å². The van der Waals surface area contributed by atoms with Crippen LogP contribution in [0.4, 0.5) is 28.4 Å². The van der Waals surface area contributed by atoms with Crippen LogP contribution in [-0.2, 0) is 0 Å². The summed E-state index contributed by atoms with van der Waals surface area (Å²) in [6.07, 6.45) is 16.0. The second-order valence-electron chi connectivity index (χ2n) is 22.2. The summed E-state index contributed by atoms with van der Waals surface area (Å²) in [5, 5.41) is 7.64. The van der Waals surface area contributed by atoms with E-state index in [1.165, 1.54) is 27.8 Å². The molecule has 13 aromatic rings. The maximum atomic E-state index is 6.90. The van der Waals surface area contributed by atoms with E-state index in [0.717, 1.165) is 123 Å². The van der Waals surface area contributed by atoms with Gasteiger partial charge in [0.25, 0.3) is 0 Å². The molecule has 0 radical (unpaired) electrons. The van der Waals surface area contributed by atoms with Gasteiger partial charge in [0.2, 0.25) is 0 Å². The van der Waals surface area contributed by atoms with E-state index in [1.54, 1.807) is 0 Å². The van der Waals surface area contributed by atoms with Crippen molar-refractivity contribution in [1.29, 1.82) is 0 Å². The van der Waals surface area contributed by atoms with Crippen LogP contribution in [0.25, 0.3) is 77.0 Å². The SMILES string of the molecule is C/C=C\C(=c1\ccc2ccc(N(c3ccc(-c4ccccc4)cc3)c3cccc4c3oc3c(C)cccc34)c(cccc1C)c2)N(c1ccc(C2=CC=CC=CC2)cc1)c1cccc2c1oc1c(C)cccc12.CC.Cc1ccccc1.Cc1ccccc1. The van der Waals surface area contributed by atoms with E-state index >= 15 is 0 Å². The summed E-state index contributed by atoms with van der Waals surface area (Å²) in [4.78, 5) is 4.72. The molecule has 0 unspecified atom stereocenters. The minimum Gasteiger partial charge on any atom is -0.454 e. The second kappa shape index (κ2) is 28.2. The molecule has 1 aliphatic rings. The maximum Gasteiger partial charge on any atom is 0.159 e. The maximum absolute atomic E-state index is 6.90. The van der Waals surface area contributed by atoms with Crippen molar-refractivity contribution < 1.29 is 8.83 Å². The number of hydrogen-bond acceptors (Lipinski definition) is 4. The molecule has 0 saturated carbocycles. The molecule has 0 aliphatic heterocycles. The topological polar surface area (TPSA) is 32.8 Å². The lowest BCUT2D eigenvalue weighted by molar-refractivity contribution is 0.665. The highest BCUT2D eigenvalue weighted by molar-refractivity contribution is 6.13. The van der Waals surface area contributed by atoms with Gasteiger partial charge in [-0.2, -0.15) is 0 Å². The molecule has 0 amide bonds. The number of hydrogen-bond donors (Lipinski definition) is 0. The number of anilines is 5. The van der Waals surface area contributed by atoms with Crippen LogP contribution in [0.1, 0.15) is 60.6 Å².